The molecule has 0 unspecified atom stereocenters. The molecule has 0 aliphatic rings. The van der Waals surface area contributed by atoms with Crippen molar-refractivity contribution < 1.29 is 18.7 Å². The van der Waals surface area contributed by atoms with Gasteiger partial charge in [-0.15, -0.1) is 0 Å². The molecule has 1 amide bonds. The first-order chi connectivity index (χ1) is 14.9. The van der Waals surface area contributed by atoms with E-state index in [9.17, 15) is 14.4 Å². The summed E-state index contributed by atoms with van der Waals surface area (Å²) in [5.74, 6) is -1.58. The Morgan fingerprint density at radius 3 is 2.58 bits per heavy atom. The molecule has 8 heteroatoms. The van der Waals surface area contributed by atoms with E-state index < -0.39 is 24.2 Å². The number of aryl methyl sites for hydroxylation is 3. The van der Waals surface area contributed by atoms with E-state index in [1.165, 1.54) is 9.47 Å². The number of aromatic nitrogens is 1. The van der Waals surface area contributed by atoms with E-state index in [0.717, 1.165) is 11.1 Å². The lowest BCUT2D eigenvalue weighted by atomic mass is 10.1. The number of carbonyl (C=O) groups excluding carboxylic acids is 2. The van der Waals surface area contributed by atoms with Crippen molar-refractivity contribution in [1.29, 1.82) is 5.26 Å². The van der Waals surface area contributed by atoms with Crippen molar-refractivity contribution in [3.63, 3.8) is 0 Å². The highest BCUT2D eigenvalue weighted by atomic mass is 16.5. The van der Waals surface area contributed by atoms with Crippen LogP contribution in [0.3, 0.4) is 0 Å². The first-order valence-corrected chi connectivity index (χ1v) is 9.88. The number of ether oxygens (including phenoxy) is 1. The minimum Gasteiger partial charge on any atom is -0.455 e. The van der Waals surface area contributed by atoms with Crippen LogP contribution >= 0.6 is 0 Å². The molecule has 0 fully saturated rings. The van der Waals surface area contributed by atoms with Crippen molar-refractivity contribution >= 4 is 28.7 Å². The summed E-state index contributed by atoms with van der Waals surface area (Å²) in [6.07, 6.45) is 0.0711. The van der Waals surface area contributed by atoms with Gasteiger partial charge in [-0.1, -0.05) is 18.2 Å². The molecule has 0 atom stereocenters. The Kier molecular flexibility index (Phi) is 6.88. The summed E-state index contributed by atoms with van der Waals surface area (Å²) in [5, 5.41) is 8.92. The highest BCUT2D eigenvalue weighted by Crippen LogP contribution is 2.19. The largest absolute Gasteiger partial charge is 0.455 e. The predicted molar refractivity (Wildman–Crippen MR) is 115 cm³/mol. The van der Waals surface area contributed by atoms with Crippen molar-refractivity contribution in [3.8, 4) is 6.07 Å². The van der Waals surface area contributed by atoms with Gasteiger partial charge in [0.25, 0.3) is 5.91 Å². The number of amides is 1. The maximum absolute atomic E-state index is 12.7. The van der Waals surface area contributed by atoms with Crippen LogP contribution < -0.4 is 10.7 Å². The number of oxazole rings is 1. The summed E-state index contributed by atoms with van der Waals surface area (Å²) < 4.78 is 11.6. The van der Waals surface area contributed by atoms with Crippen LogP contribution in [0.25, 0.3) is 11.1 Å². The Morgan fingerprint density at radius 1 is 1.16 bits per heavy atom. The Morgan fingerprint density at radius 2 is 1.87 bits per heavy atom. The van der Waals surface area contributed by atoms with Gasteiger partial charge in [0.15, 0.2) is 12.2 Å². The normalized spacial score (nSPS) is 10.6. The molecule has 3 rings (SSSR count). The molecule has 0 saturated carbocycles. The first kappa shape index (κ1) is 21.8. The van der Waals surface area contributed by atoms with Crippen molar-refractivity contribution in [2.45, 2.75) is 33.2 Å². The van der Waals surface area contributed by atoms with Crippen LogP contribution in [0, 0.1) is 25.2 Å². The Labute approximate surface area is 179 Å². The zero-order valence-corrected chi connectivity index (χ0v) is 17.5. The Balaban J connectivity index is 1.62. The van der Waals surface area contributed by atoms with Crippen LogP contribution in [0.15, 0.2) is 51.7 Å². The molecule has 0 bridgehead atoms. The second kappa shape index (κ2) is 9.76. The average Bonchev–Trinajstić information content (AvgIpc) is 3.05. The quantitative estimate of drug-likeness (QED) is 0.518. The summed E-state index contributed by atoms with van der Waals surface area (Å²) in [5.41, 5.74) is 3.66. The van der Waals surface area contributed by atoms with Gasteiger partial charge < -0.3 is 14.1 Å². The first-order valence-electron chi connectivity index (χ1n) is 9.88. The zero-order valence-electron chi connectivity index (χ0n) is 17.5. The lowest BCUT2D eigenvalue weighted by molar-refractivity contribution is -0.148. The van der Waals surface area contributed by atoms with Gasteiger partial charge in [0.1, 0.15) is 0 Å². The fraction of sp³-hybridized carbons (Fsp3) is 0.304. The molecule has 1 aromatic heterocycles. The molecular weight excluding hydrogens is 398 g/mol. The molecular formula is C23H23N3O5. The molecule has 31 heavy (non-hydrogen) atoms. The Bertz CT molecular complexity index is 1180. The summed E-state index contributed by atoms with van der Waals surface area (Å²) in [6.45, 7) is 3.68. The van der Waals surface area contributed by atoms with Gasteiger partial charge in [-0.05, 0) is 49.2 Å². The van der Waals surface area contributed by atoms with E-state index in [0.29, 0.717) is 16.8 Å². The number of nitrogens with zero attached hydrogens (tertiary/aromatic N) is 3. The van der Waals surface area contributed by atoms with Gasteiger partial charge in [0.05, 0.1) is 24.4 Å². The van der Waals surface area contributed by atoms with Crippen LogP contribution in [0.4, 0.5) is 5.69 Å². The third kappa shape index (κ3) is 5.39. The van der Waals surface area contributed by atoms with E-state index in [1.807, 2.05) is 38.1 Å². The number of para-hydroxylation sites is 2. The average molecular weight is 421 g/mol. The number of esters is 1. The van der Waals surface area contributed by atoms with Gasteiger partial charge in [-0.2, -0.15) is 5.26 Å². The molecule has 0 saturated heterocycles. The molecule has 3 aromatic rings. The zero-order chi connectivity index (χ0) is 22.4. The topological polar surface area (TPSA) is 106 Å². The molecule has 2 aromatic carbocycles. The second-order valence-corrected chi connectivity index (χ2v) is 7.20. The predicted octanol–water partition coefficient (Wildman–Crippen LogP) is 3.09. The van der Waals surface area contributed by atoms with Gasteiger partial charge in [-0.3, -0.25) is 14.2 Å². The molecule has 8 nitrogen and oxygen atoms in total. The molecule has 0 aliphatic heterocycles. The van der Waals surface area contributed by atoms with Crippen LogP contribution in [0.1, 0.15) is 24.0 Å². The lowest BCUT2D eigenvalue weighted by Gasteiger charge is -2.22. The molecule has 0 spiro atoms. The summed E-state index contributed by atoms with van der Waals surface area (Å²) in [7, 11) is 0. The fourth-order valence-corrected chi connectivity index (χ4v) is 3.39. The lowest BCUT2D eigenvalue weighted by Crippen LogP contribution is -2.35. The van der Waals surface area contributed by atoms with Gasteiger partial charge in [0.2, 0.25) is 0 Å². The monoisotopic (exact) mass is 421 g/mol. The van der Waals surface area contributed by atoms with Gasteiger partial charge >= 0.3 is 11.7 Å². The summed E-state index contributed by atoms with van der Waals surface area (Å²) >= 11 is 0. The van der Waals surface area contributed by atoms with Gasteiger partial charge in [0, 0.05) is 18.8 Å². The van der Waals surface area contributed by atoms with Crippen molar-refractivity contribution in [1.82, 2.24) is 4.57 Å². The van der Waals surface area contributed by atoms with Crippen molar-refractivity contribution in [3.05, 3.63) is 64.1 Å². The number of anilines is 1. The third-order valence-electron chi connectivity index (χ3n) is 4.74. The number of rotatable bonds is 8. The minimum atomic E-state index is -0.605. The fourth-order valence-electron chi connectivity index (χ4n) is 3.39. The molecule has 0 N–H and O–H groups in total. The van der Waals surface area contributed by atoms with Crippen LogP contribution in [-0.2, 0) is 20.9 Å². The third-order valence-corrected chi connectivity index (χ3v) is 4.74. The highest BCUT2D eigenvalue weighted by Gasteiger charge is 2.19. The van der Waals surface area contributed by atoms with Crippen LogP contribution in [0.2, 0.25) is 0 Å². The number of hydrogen-bond acceptors (Lipinski definition) is 6. The van der Waals surface area contributed by atoms with Crippen molar-refractivity contribution in [2.75, 3.05) is 18.1 Å². The maximum atomic E-state index is 12.7. The Hall–Kier alpha value is -3.86. The second-order valence-electron chi connectivity index (χ2n) is 7.20. The maximum Gasteiger partial charge on any atom is 0.419 e. The highest BCUT2D eigenvalue weighted by molar-refractivity contribution is 5.95. The molecule has 160 valence electrons. The van der Waals surface area contributed by atoms with E-state index in [2.05, 4.69) is 0 Å². The van der Waals surface area contributed by atoms with E-state index in [4.69, 9.17) is 14.4 Å². The minimum absolute atomic E-state index is 0.0814. The van der Waals surface area contributed by atoms with Crippen LogP contribution in [0.5, 0.6) is 0 Å². The molecule has 0 radical (unpaired) electrons. The smallest absolute Gasteiger partial charge is 0.419 e. The van der Waals surface area contributed by atoms with E-state index in [-0.39, 0.29) is 25.9 Å². The number of benzene rings is 2. The summed E-state index contributed by atoms with van der Waals surface area (Å²) in [6, 6.07) is 14.6. The van der Waals surface area contributed by atoms with Gasteiger partial charge in [-0.25, -0.2) is 4.79 Å². The number of hydrogen-bond donors (Lipinski definition) is 0. The SMILES string of the molecule is Cc1cc(C)cc(N(CCC#N)C(=O)COC(=O)CCn2c(=O)oc3ccccc32)c1. The van der Waals surface area contributed by atoms with Crippen LogP contribution in [-0.4, -0.2) is 29.6 Å². The standard InChI is InChI=1S/C23H23N3O5/c1-16-12-17(2)14-18(13-16)25(10-5-9-24)21(27)15-30-22(28)8-11-26-19-6-3-4-7-20(19)31-23(26)29/h3-4,6-7,12-14H,5,8,10-11,15H2,1-2H3. The number of carbonyl (C=O) groups is 2. The number of nitriles is 1. The van der Waals surface area contributed by atoms with Crippen molar-refractivity contribution in [2.24, 2.45) is 0 Å². The summed E-state index contributed by atoms with van der Waals surface area (Å²) in [4.78, 5) is 38.3. The van der Waals surface area contributed by atoms with E-state index in [1.54, 1.807) is 24.3 Å². The number of fused-ring (bicyclic) bond motifs is 1. The molecule has 1 heterocycles. The van der Waals surface area contributed by atoms with E-state index >= 15 is 0 Å². The molecule has 0 aliphatic carbocycles.